The van der Waals surface area contributed by atoms with Crippen molar-refractivity contribution < 1.29 is 9.53 Å². The summed E-state index contributed by atoms with van der Waals surface area (Å²) >= 11 is 3.39. The Balaban J connectivity index is 1.68. The molecule has 2 aromatic heterocycles. The van der Waals surface area contributed by atoms with Gasteiger partial charge in [0.15, 0.2) is 0 Å². The summed E-state index contributed by atoms with van der Waals surface area (Å²) in [6.45, 7) is 4.54. The molecule has 2 heterocycles. The third-order valence-electron chi connectivity index (χ3n) is 5.47. The summed E-state index contributed by atoms with van der Waals surface area (Å²) in [5.41, 5.74) is 2.53. The monoisotopic (exact) mass is 454 g/mol. The number of carbonyl (C=O) groups excluding carboxylic acids is 1. The van der Waals surface area contributed by atoms with Gasteiger partial charge in [0.25, 0.3) is 0 Å². The van der Waals surface area contributed by atoms with Gasteiger partial charge in [0, 0.05) is 14.6 Å². The molecule has 0 aliphatic carbocycles. The van der Waals surface area contributed by atoms with E-state index in [0.717, 1.165) is 11.3 Å². The smallest absolute Gasteiger partial charge is 0.348 e. The quantitative estimate of drug-likeness (QED) is 0.190. The predicted molar refractivity (Wildman–Crippen MR) is 135 cm³/mol. The SMILES string of the molecule is CCCCCCCCCCc1cc(C(=O)OCC)sc1-c1ccc(-c2ccccc2)s1. The molecule has 0 saturated carbocycles. The fourth-order valence-electron chi connectivity index (χ4n) is 3.79. The van der Waals surface area contributed by atoms with Crippen molar-refractivity contribution in [1.29, 1.82) is 0 Å². The van der Waals surface area contributed by atoms with Crippen LogP contribution in [0, 0.1) is 0 Å². The second-order valence-corrected chi connectivity index (χ2v) is 10.1. The molecule has 0 aliphatic rings. The molecule has 31 heavy (non-hydrogen) atoms. The maximum absolute atomic E-state index is 12.4. The number of unbranched alkanes of at least 4 members (excludes halogenated alkanes) is 7. The summed E-state index contributed by atoms with van der Waals surface area (Å²) in [6, 6.07) is 17.0. The lowest BCUT2D eigenvalue weighted by Gasteiger charge is -2.03. The average Bonchev–Trinajstić information content (AvgIpc) is 3.44. The van der Waals surface area contributed by atoms with Crippen molar-refractivity contribution in [2.45, 2.75) is 71.6 Å². The van der Waals surface area contributed by atoms with Crippen molar-refractivity contribution in [3.05, 3.63) is 59.0 Å². The van der Waals surface area contributed by atoms with E-state index in [1.807, 2.05) is 13.0 Å². The van der Waals surface area contributed by atoms with Gasteiger partial charge in [-0.1, -0.05) is 82.2 Å². The summed E-state index contributed by atoms with van der Waals surface area (Å²) in [4.78, 5) is 16.8. The summed E-state index contributed by atoms with van der Waals surface area (Å²) in [7, 11) is 0. The Morgan fingerprint density at radius 2 is 1.48 bits per heavy atom. The second kappa shape index (κ2) is 12.8. The van der Waals surface area contributed by atoms with Gasteiger partial charge in [-0.05, 0) is 49.1 Å². The molecular weight excluding hydrogens is 420 g/mol. The highest BCUT2D eigenvalue weighted by atomic mass is 32.1. The zero-order valence-corrected chi connectivity index (χ0v) is 20.5. The minimum absolute atomic E-state index is 0.198. The van der Waals surface area contributed by atoms with Crippen molar-refractivity contribution in [3.63, 3.8) is 0 Å². The largest absolute Gasteiger partial charge is 0.462 e. The standard InChI is InChI=1S/C27H34O2S2/c1-3-5-6-7-8-9-10-12-17-22-20-25(27(28)29-4-2)31-26(22)24-19-18-23(30-24)21-15-13-11-14-16-21/h11,13-16,18-20H,3-10,12,17H2,1-2H3. The molecule has 0 fully saturated rings. The summed E-state index contributed by atoms with van der Waals surface area (Å²) in [5.74, 6) is -0.198. The molecular formula is C27H34O2S2. The van der Waals surface area contributed by atoms with Gasteiger partial charge in [0.2, 0.25) is 0 Å². The minimum atomic E-state index is -0.198. The minimum Gasteiger partial charge on any atom is -0.462 e. The van der Waals surface area contributed by atoms with Gasteiger partial charge in [-0.3, -0.25) is 0 Å². The van der Waals surface area contributed by atoms with E-state index in [4.69, 9.17) is 4.74 Å². The highest BCUT2D eigenvalue weighted by Crippen LogP contribution is 2.41. The number of benzene rings is 1. The Morgan fingerprint density at radius 3 is 2.19 bits per heavy atom. The molecule has 0 amide bonds. The molecule has 0 saturated heterocycles. The second-order valence-electron chi connectivity index (χ2n) is 7.94. The van der Waals surface area contributed by atoms with Crippen LogP contribution in [0.3, 0.4) is 0 Å². The lowest BCUT2D eigenvalue weighted by Crippen LogP contribution is -2.01. The summed E-state index contributed by atoms with van der Waals surface area (Å²) in [5, 5.41) is 0. The van der Waals surface area contributed by atoms with Crippen molar-refractivity contribution in [2.24, 2.45) is 0 Å². The van der Waals surface area contributed by atoms with Gasteiger partial charge in [0.05, 0.1) is 6.61 Å². The Hall–Kier alpha value is -1.91. The first-order valence-electron chi connectivity index (χ1n) is 11.7. The molecule has 0 radical (unpaired) electrons. The van der Waals surface area contributed by atoms with Crippen LogP contribution in [0.25, 0.3) is 20.2 Å². The van der Waals surface area contributed by atoms with Crippen LogP contribution in [0.4, 0.5) is 0 Å². The van der Waals surface area contributed by atoms with Gasteiger partial charge >= 0.3 is 5.97 Å². The van der Waals surface area contributed by atoms with Crippen LogP contribution in [0.5, 0.6) is 0 Å². The Bertz CT molecular complexity index is 924. The van der Waals surface area contributed by atoms with Crippen LogP contribution in [0.2, 0.25) is 0 Å². The third-order valence-corrected chi connectivity index (χ3v) is 7.95. The van der Waals surface area contributed by atoms with E-state index in [9.17, 15) is 4.79 Å². The van der Waals surface area contributed by atoms with Crippen LogP contribution in [-0.4, -0.2) is 12.6 Å². The van der Waals surface area contributed by atoms with Gasteiger partial charge < -0.3 is 4.74 Å². The molecule has 0 bridgehead atoms. The molecule has 1 aromatic carbocycles. The van der Waals surface area contributed by atoms with Gasteiger partial charge in [0.1, 0.15) is 4.88 Å². The van der Waals surface area contributed by atoms with E-state index in [1.165, 1.54) is 77.1 Å². The number of ether oxygens (including phenoxy) is 1. The van der Waals surface area contributed by atoms with E-state index < -0.39 is 0 Å². The number of carbonyl (C=O) groups is 1. The topological polar surface area (TPSA) is 26.3 Å². The Labute approximate surface area is 195 Å². The molecule has 0 N–H and O–H groups in total. The van der Waals surface area contributed by atoms with Crippen LogP contribution in [0.1, 0.15) is 80.4 Å². The van der Waals surface area contributed by atoms with Crippen molar-refractivity contribution in [3.8, 4) is 20.2 Å². The van der Waals surface area contributed by atoms with Crippen LogP contribution < -0.4 is 0 Å². The molecule has 166 valence electrons. The fraction of sp³-hybridized carbons (Fsp3) is 0.444. The van der Waals surface area contributed by atoms with Gasteiger partial charge in [-0.15, -0.1) is 22.7 Å². The number of hydrogen-bond acceptors (Lipinski definition) is 4. The zero-order chi connectivity index (χ0) is 21.9. The molecule has 0 unspecified atom stereocenters. The summed E-state index contributed by atoms with van der Waals surface area (Å²) < 4.78 is 5.27. The predicted octanol–water partition coefficient (Wildman–Crippen LogP) is 9.00. The molecule has 0 spiro atoms. The fourth-order valence-corrected chi connectivity index (χ4v) is 6.05. The molecule has 0 atom stereocenters. The van der Waals surface area contributed by atoms with Gasteiger partial charge in [-0.2, -0.15) is 0 Å². The molecule has 4 heteroatoms. The Morgan fingerprint density at radius 1 is 0.806 bits per heavy atom. The molecule has 2 nitrogen and oxygen atoms in total. The number of esters is 1. The first-order chi connectivity index (χ1) is 15.2. The van der Waals surface area contributed by atoms with Crippen molar-refractivity contribution in [2.75, 3.05) is 6.61 Å². The van der Waals surface area contributed by atoms with E-state index in [1.54, 1.807) is 22.7 Å². The number of thiophene rings is 2. The van der Waals surface area contributed by atoms with E-state index >= 15 is 0 Å². The average molecular weight is 455 g/mol. The lowest BCUT2D eigenvalue weighted by atomic mass is 10.0. The van der Waals surface area contributed by atoms with Crippen LogP contribution in [0.15, 0.2) is 48.5 Å². The first-order valence-corrected chi connectivity index (χ1v) is 13.3. The van der Waals surface area contributed by atoms with Crippen LogP contribution in [-0.2, 0) is 11.2 Å². The van der Waals surface area contributed by atoms with Crippen LogP contribution >= 0.6 is 22.7 Å². The van der Waals surface area contributed by atoms with E-state index in [-0.39, 0.29) is 5.97 Å². The third kappa shape index (κ3) is 7.05. The van der Waals surface area contributed by atoms with E-state index in [2.05, 4.69) is 49.4 Å². The highest BCUT2D eigenvalue weighted by molar-refractivity contribution is 7.24. The van der Waals surface area contributed by atoms with Crippen molar-refractivity contribution in [1.82, 2.24) is 0 Å². The normalized spacial score (nSPS) is 11.0. The number of rotatable bonds is 13. The summed E-state index contributed by atoms with van der Waals surface area (Å²) in [6.07, 6.45) is 11.5. The zero-order valence-electron chi connectivity index (χ0n) is 18.8. The lowest BCUT2D eigenvalue weighted by molar-refractivity contribution is 0.0532. The highest BCUT2D eigenvalue weighted by Gasteiger charge is 2.18. The maximum atomic E-state index is 12.4. The van der Waals surface area contributed by atoms with E-state index in [0.29, 0.717) is 6.61 Å². The number of hydrogen-bond donors (Lipinski definition) is 0. The first kappa shape index (κ1) is 23.7. The van der Waals surface area contributed by atoms with Crippen molar-refractivity contribution >= 4 is 28.6 Å². The van der Waals surface area contributed by atoms with Gasteiger partial charge in [-0.25, -0.2) is 4.79 Å². The molecule has 3 aromatic rings. The maximum Gasteiger partial charge on any atom is 0.348 e. The number of aryl methyl sites for hydroxylation is 1. The molecule has 0 aliphatic heterocycles. The Kier molecular flexibility index (Phi) is 9.83. The molecule has 3 rings (SSSR count).